The van der Waals surface area contributed by atoms with Gasteiger partial charge in [0.2, 0.25) is 0 Å². The van der Waals surface area contributed by atoms with Crippen molar-refractivity contribution in [1.29, 1.82) is 0 Å². The van der Waals surface area contributed by atoms with Gasteiger partial charge in [-0.25, -0.2) is 21.9 Å². The van der Waals surface area contributed by atoms with Gasteiger partial charge in [-0.15, -0.1) is 0 Å². The fourth-order valence-electron chi connectivity index (χ4n) is 2.19. The molecule has 130 valence electrons. The number of aryl methyl sites for hydroxylation is 1. The second-order valence-electron chi connectivity index (χ2n) is 5.12. The number of hydrogen-bond acceptors (Lipinski definition) is 5. The Kier molecular flexibility index (Phi) is 4.17. The van der Waals surface area contributed by atoms with E-state index >= 15 is 0 Å². The number of carbonyl (C=O) groups excluding carboxylic acids is 1. The first kappa shape index (κ1) is 17.2. The molecular weight excluding hydrogens is 374 g/mol. The summed E-state index contributed by atoms with van der Waals surface area (Å²) in [7, 11) is -2.78. The van der Waals surface area contributed by atoms with E-state index in [9.17, 15) is 26.8 Å². The summed E-state index contributed by atoms with van der Waals surface area (Å²) in [5.41, 5.74) is -0.189. The van der Waals surface area contributed by atoms with E-state index in [0.29, 0.717) is 16.3 Å². The Balaban J connectivity index is 1.98. The lowest BCUT2D eigenvalue weighted by Gasteiger charge is -2.08. The largest absolute Gasteiger partial charge is 0.307 e. The maximum Gasteiger partial charge on any atom is 0.307 e. The van der Waals surface area contributed by atoms with Gasteiger partial charge in [0.25, 0.3) is 15.9 Å². The van der Waals surface area contributed by atoms with Crippen molar-refractivity contribution in [2.24, 2.45) is 7.05 Å². The Hall–Kier alpha value is -2.59. The van der Waals surface area contributed by atoms with Gasteiger partial charge in [-0.2, -0.15) is 0 Å². The first-order chi connectivity index (χ1) is 11.7. The first-order valence-electron chi connectivity index (χ1n) is 6.81. The second kappa shape index (κ2) is 6.05. The predicted octanol–water partition coefficient (Wildman–Crippen LogP) is 2.00. The molecule has 0 saturated carbocycles. The van der Waals surface area contributed by atoms with E-state index in [4.69, 9.17) is 0 Å². The van der Waals surface area contributed by atoms with Crippen molar-refractivity contribution in [2.45, 2.75) is 4.90 Å². The molecule has 0 radical (unpaired) electrons. The number of hydrogen-bond donors (Lipinski definition) is 1. The third kappa shape index (κ3) is 3.17. The van der Waals surface area contributed by atoms with E-state index in [1.165, 1.54) is 22.8 Å². The molecule has 0 spiro atoms. The number of fused-ring (bicyclic) bond motifs is 1. The molecule has 6 nitrogen and oxygen atoms in total. The van der Waals surface area contributed by atoms with Crippen LogP contribution < -0.4 is 9.60 Å². The van der Waals surface area contributed by atoms with Crippen LogP contribution in [0.2, 0.25) is 0 Å². The molecule has 0 saturated heterocycles. The van der Waals surface area contributed by atoms with Crippen molar-refractivity contribution in [3.8, 4) is 0 Å². The smallest absolute Gasteiger partial charge is 0.302 e. The minimum atomic E-state index is -4.33. The zero-order valence-corrected chi connectivity index (χ0v) is 14.2. The van der Waals surface area contributed by atoms with Crippen molar-refractivity contribution >= 4 is 37.5 Å². The van der Waals surface area contributed by atoms with E-state index in [1.54, 1.807) is 11.8 Å². The molecule has 3 rings (SSSR count). The Morgan fingerprint density at radius 1 is 1.16 bits per heavy atom. The second-order valence-corrected chi connectivity index (χ2v) is 7.79. The number of amides is 1. The van der Waals surface area contributed by atoms with Crippen LogP contribution in [0.4, 0.5) is 8.78 Å². The summed E-state index contributed by atoms with van der Waals surface area (Å²) >= 11 is 0.849. The van der Waals surface area contributed by atoms with Gasteiger partial charge in [-0.05, 0) is 36.4 Å². The summed E-state index contributed by atoms with van der Waals surface area (Å²) in [6.45, 7) is 0. The van der Waals surface area contributed by atoms with Crippen molar-refractivity contribution in [3.63, 3.8) is 0 Å². The van der Waals surface area contributed by atoms with Crippen LogP contribution >= 0.6 is 11.3 Å². The highest BCUT2D eigenvalue weighted by Gasteiger charge is 2.22. The van der Waals surface area contributed by atoms with Crippen LogP contribution in [0.1, 0.15) is 10.4 Å². The lowest BCUT2D eigenvalue weighted by Crippen LogP contribution is -2.31. The number of rotatable bonds is 3. The number of sulfonamides is 1. The Morgan fingerprint density at radius 3 is 2.60 bits per heavy atom. The maximum atomic E-state index is 13.6. The lowest BCUT2D eigenvalue weighted by atomic mass is 10.2. The molecular formula is C15H10F2N2O4S2. The van der Waals surface area contributed by atoms with Crippen LogP contribution in [0.25, 0.3) is 10.2 Å². The Labute approximate surface area is 144 Å². The minimum Gasteiger partial charge on any atom is -0.302 e. The summed E-state index contributed by atoms with van der Waals surface area (Å²) in [6, 6.07) is 6.02. The molecule has 0 fully saturated rings. The Bertz CT molecular complexity index is 1170. The number of aromatic nitrogens is 1. The van der Waals surface area contributed by atoms with Crippen LogP contribution in [0.3, 0.4) is 0 Å². The highest BCUT2D eigenvalue weighted by atomic mass is 32.2. The van der Waals surface area contributed by atoms with Crippen molar-refractivity contribution in [3.05, 3.63) is 63.3 Å². The van der Waals surface area contributed by atoms with Crippen molar-refractivity contribution in [1.82, 2.24) is 9.29 Å². The fourth-order valence-corrected chi connectivity index (χ4v) is 4.17. The van der Waals surface area contributed by atoms with E-state index in [2.05, 4.69) is 0 Å². The molecule has 0 atom stereocenters. The number of benzene rings is 2. The molecule has 2 aromatic carbocycles. The molecule has 3 aromatic rings. The van der Waals surface area contributed by atoms with Gasteiger partial charge in [0.05, 0.1) is 20.7 Å². The van der Waals surface area contributed by atoms with Crippen molar-refractivity contribution < 1.29 is 22.0 Å². The molecule has 10 heteroatoms. The SMILES string of the molecule is Cn1c(=O)sc2cc(S(=O)(=O)NC(=O)c3cc(F)ccc3F)ccc21. The summed E-state index contributed by atoms with van der Waals surface area (Å²) in [5.74, 6) is -3.22. The van der Waals surface area contributed by atoms with E-state index in [1.807, 2.05) is 0 Å². The van der Waals surface area contributed by atoms with Crippen LogP contribution in [0, 0.1) is 11.6 Å². The molecule has 0 aliphatic rings. The molecule has 0 aliphatic carbocycles. The monoisotopic (exact) mass is 384 g/mol. The summed E-state index contributed by atoms with van der Waals surface area (Å²) < 4.78 is 54.8. The standard InChI is InChI=1S/C15H10F2N2O4S2/c1-19-12-5-3-9(7-13(12)24-15(19)21)25(22,23)18-14(20)10-6-8(16)2-4-11(10)17/h2-7H,1H3,(H,18,20). The highest BCUT2D eigenvalue weighted by molar-refractivity contribution is 7.90. The average Bonchev–Trinajstić information content (AvgIpc) is 2.83. The summed E-state index contributed by atoms with van der Waals surface area (Å²) in [4.78, 5) is 23.1. The number of carbonyl (C=O) groups is 1. The zero-order chi connectivity index (χ0) is 18.4. The van der Waals surface area contributed by atoms with Gasteiger partial charge in [0.1, 0.15) is 11.6 Å². The number of nitrogens with one attached hydrogen (secondary N) is 1. The number of halogens is 2. The van der Waals surface area contributed by atoms with Gasteiger partial charge in [-0.1, -0.05) is 11.3 Å². The zero-order valence-electron chi connectivity index (χ0n) is 12.6. The van der Waals surface area contributed by atoms with E-state index in [-0.39, 0.29) is 9.77 Å². The van der Waals surface area contributed by atoms with Crippen LogP contribution in [0.15, 0.2) is 46.1 Å². The van der Waals surface area contributed by atoms with E-state index in [0.717, 1.165) is 23.5 Å². The predicted molar refractivity (Wildman–Crippen MR) is 88.1 cm³/mol. The van der Waals surface area contributed by atoms with Gasteiger partial charge in [0.15, 0.2) is 0 Å². The molecule has 1 aromatic heterocycles. The number of thiazole rings is 1. The van der Waals surface area contributed by atoms with Gasteiger partial charge in [0, 0.05) is 7.05 Å². The minimum absolute atomic E-state index is 0.268. The third-order valence-corrected chi connectivity index (χ3v) is 5.80. The maximum absolute atomic E-state index is 13.6. The average molecular weight is 384 g/mol. The van der Waals surface area contributed by atoms with Gasteiger partial charge < -0.3 is 4.57 Å². The van der Waals surface area contributed by atoms with Crippen molar-refractivity contribution in [2.75, 3.05) is 0 Å². The van der Waals surface area contributed by atoms with Gasteiger partial charge in [-0.3, -0.25) is 9.59 Å². The topological polar surface area (TPSA) is 85.2 Å². The molecule has 0 unspecified atom stereocenters. The number of nitrogens with zero attached hydrogens (tertiary/aromatic N) is 1. The summed E-state index contributed by atoms with van der Waals surface area (Å²) in [6.07, 6.45) is 0. The Morgan fingerprint density at radius 2 is 1.88 bits per heavy atom. The molecule has 1 amide bonds. The first-order valence-corrected chi connectivity index (χ1v) is 9.11. The van der Waals surface area contributed by atoms with E-state index < -0.39 is 33.1 Å². The van der Waals surface area contributed by atoms with Crippen LogP contribution in [-0.2, 0) is 17.1 Å². The highest BCUT2D eigenvalue weighted by Crippen LogP contribution is 2.21. The third-order valence-electron chi connectivity index (χ3n) is 3.47. The fraction of sp³-hybridized carbons (Fsp3) is 0.0667. The molecule has 25 heavy (non-hydrogen) atoms. The molecule has 1 N–H and O–H groups in total. The van der Waals surface area contributed by atoms with Crippen LogP contribution in [0.5, 0.6) is 0 Å². The van der Waals surface area contributed by atoms with Gasteiger partial charge >= 0.3 is 4.87 Å². The molecule has 0 bridgehead atoms. The quantitative estimate of drug-likeness (QED) is 0.749. The molecule has 1 heterocycles. The summed E-state index contributed by atoms with van der Waals surface area (Å²) in [5, 5.41) is 0. The molecule has 0 aliphatic heterocycles. The van der Waals surface area contributed by atoms with Crippen LogP contribution in [-0.4, -0.2) is 18.9 Å². The lowest BCUT2D eigenvalue weighted by molar-refractivity contribution is 0.0977. The normalized spacial score (nSPS) is 11.6.